The number of hydrogen-bond acceptors (Lipinski definition) is 6. The van der Waals surface area contributed by atoms with Crippen molar-refractivity contribution in [3.63, 3.8) is 0 Å². The fraction of sp³-hybridized carbons (Fsp3) is 0.684. The Morgan fingerprint density at radius 3 is 2.42 bits per heavy atom. The van der Waals surface area contributed by atoms with E-state index < -0.39 is 5.60 Å². The van der Waals surface area contributed by atoms with Crippen molar-refractivity contribution in [3.8, 4) is 6.07 Å². The predicted octanol–water partition coefficient (Wildman–Crippen LogP) is 3.04. The average Bonchev–Trinajstić information content (AvgIpc) is 2.56. The minimum Gasteiger partial charge on any atom is -0.444 e. The van der Waals surface area contributed by atoms with Crippen LogP contribution in [0.25, 0.3) is 0 Å². The van der Waals surface area contributed by atoms with Crippen molar-refractivity contribution in [2.24, 2.45) is 0 Å². The lowest BCUT2D eigenvalue weighted by Crippen LogP contribution is -2.51. The average molecular weight is 366 g/mol. The molecule has 0 aliphatic carbocycles. The van der Waals surface area contributed by atoms with E-state index in [0.717, 1.165) is 12.8 Å². The molecule has 1 atom stereocenters. The first-order valence-electron chi connectivity index (χ1n) is 9.15. The Morgan fingerprint density at radius 2 is 1.96 bits per heavy atom. The van der Waals surface area contributed by atoms with Crippen LogP contribution in [-0.2, 0) is 4.74 Å². The van der Waals surface area contributed by atoms with Gasteiger partial charge in [0.05, 0.1) is 5.57 Å². The van der Waals surface area contributed by atoms with E-state index in [-0.39, 0.29) is 12.1 Å². The zero-order valence-electron chi connectivity index (χ0n) is 17.3. The molecule has 0 aromatic rings. The second kappa shape index (κ2) is 11.4. The first-order valence-corrected chi connectivity index (χ1v) is 9.15. The molecule has 1 unspecified atom stereocenters. The molecule has 0 aromatic carbocycles. The Balaban J connectivity index is 0.00000301. The molecule has 0 radical (unpaired) electrons. The third-order valence-corrected chi connectivity index (χ3v) is 3.46. The number of nitriles is 1. The maximum absolute atomic E-state index is 12.2. The van der Waals surface area contributed by atoms with Gasteiger partial charge in [0, 0.05) is 26.2 Å². The van der Waals surface area contributed by atoms with Gasteiger partial charge in [0.25, 0.3) is 0 Å². The van der Waals surface area contributed by atoms with E-state index in [1.165, 1.54) is 0 Å². The number of allylic oxidation sites excluding steroid dienone is 2. The molecule has 26 heavy (non-hydrogen) atoms. The summed E-state index contributed by atoms with van der Waals surface area (Å²) in [5.41, 5.74) is 6.39. The van der Waals surface area contributed by atoms with Crippen molar-refractivity contribution < 1.29 is 9.53 Å². The molecule has 1 heterocycles. The molecule has 1 aliphatic heterocycles. The molecule has 0 bridgehead atoms. The summed E-state index contributed by atoms with van der Waals surface area (Å²) >= 11 is 0. The predicted molar refractivity (Wildman–Crippen MR) is 105 cm³/mol. The van der Waals surface area contributed by atoms with Gasteiger partial charge in [-0.3, -0.25) is 0 Å². The molecule has 3 N–H and O–H groups in total. The van der Waals surface area contributed by atoms with Gasteiger partial charge in [-0.25, -0.2) is 10.2 Å². The lowest BCUT2D eigenvalue weighted by atomic mass is 10.1. The lowest BCUT2D eigenvalue weighted by Gasteiger charge is -2.35. The minimum atomic E-state index is -0.510. The Bertz CT molecular complexity index is 543. The number of carbonyl (C=O) groups excluding carboxylic acids is 1. The van der Waals surface area contributed by atoms with Crippen LogP contribution in [0.2, 0.25) is 0 Å². The Kier molecular flexibility index (Phi) is 10.5. The number of nitrogens with one attached hydrogen (secondary N) is 3. The molecule has 0 aromatic heterocycles. The van der Waals surface area contributed by atoms with Crippen LogP contribution >= 0.6 is 0 Å². The van der Waals surface area contributed by atoms with Crippen molar-refractivity contribution in [3.05, 3.63) is 23.5 Å². The van der Waals surface area contributed by atoms with Gasteiger partial charge in [-0.2, -0.15) is 5.26 Å². The van der Waals surface area contributed by atoms with Crippen LogP contribution in [0, 0.1) is 11.3 Å². The number of ether oxygens (including phenoxy) is 1. The molecule has 1 rings (SSSR count). The van der Waals surface area contributed by atoms with Crippen molar-refractivity contribution in [2.75, 3.05) is 20.1 Å². The highest BCUT2D eigenvalue weighted by Gasteiger charge is 2.28. The van der Waals surface area contributed by atoms with Gasteiger partial charge in [-0.15, -0.1) is 0 Å². The van der Waals surface area contributed by atoms with E-state index in [2.05, 4.69) is 28.8 Å². The summed E-state index contributed by atoms with van der Waals surface area (Å²) in [6.07, 6.45) is 1.48. The number of hydrogen-bond donors (Lipinski definition) is 3. The SMILES string of the molecule is C=C(C)/C(C#N)=C(\NNC)NC1CCCN(C(=O)OC(C)(C)C)C1.CC. The molecular formula is C19H35N5O2. The van der Waals surface area contributed by atoms with Crippen LogP contribution in [0.5, 0.6) is 0 Å². The quantitative estimate of drug-likeness (QED) is 0.394. The maximum Gasteiger partial charge on any atom is 0.410 e. The zero-order chi connectivity index (χ0) is 20.3. The normalized spacial score (nSPS) is 17.8. The summed E-state index contributed by atoms with van der Waals surface area (Å²) in [6.45, 7) is 16.4. The van der Waals surface area contributed by atoms with E-state index in [0.29, 0.717) is 30.1 Å². The lowest BCUT2D eigenvalue weighted by molar-refractivity contribution is 0.0190. The van der Waals surface area contributed by atoms with Crippen molar-refractivity contribution >= 4 is 6.09 Å². The van der Waals surface area contributed by atoms with Crippen LogP contribution in [0.4, 0.5) is 4.79 Å². The number of nitrogens with zero attached hydrogens (tertiary/aromatic N) is 2. The molecule has 1 fully saturated rings. The van der Waals surface area contributed by atoms with Crippen LogP contribution in [0.1, 0.15) is 54.4 Å². The van der Waals surface area contributed by atoms with Crippen LogP contribution in [-0.4, -0.2) is 42.8 Å². The summed E-state index contributed by atoms with van der Waals surface area (Å²) in [7, 11) is 1.73. The Morgan fingerprint density at radius 1 is 1.35 bits per heavy atom. The fourth-order valence-corrected chi connectivity index (χ4v) is 2.45. The van der Waals surface area contributed by atoms with E-state index in [1.807, 2.05) is 34.6 Å². The molecule has 7 heteroatoms. The van der Waals surface area contributed by atoms with Gasteiger partial charge in [-0.1, -0.05) is 20.4 Å². The molecule has 0 saturated carbocycles. The monoisotopic (exact) mass is 365 g/mol. The van der Waals surface area contributed by atoms with Gasteiger partial charge >= 0.3 is 6.09 Å². The van der Waals surface area contributed by atoms with Crippen LogP contribution < -0.4 is 16.2 Å². The molecule has 1 amide bonds. The maximum atomic E-state index is 12.2. The number of hydrazine groups is 1. The van der Waals surface area contributed by atoms with Crippen molar-refractivity contribution in [2.45, 2.75) is 66.0 Å². The largest absolute Gasteiger partial charge is 0.444 e. The molecule has 1 saturated heterocycles. The summed E-state index contributed by atoms with van der Waals surface area (Å²) in [5, 5.41) is 12.6. The van der Waals surface area contributed by atoms with Crippen molar-refractivity contribution in [1.29, 1.82) is 5.26 Å². The molecule has 0 spiro atoms. The zero-order valence-corrected chi connectivity index (χ0v) is 17.3. The van der Waals surface area contributed by atoms with Gasteiger partial charge in [0.2, 0.25) is 0 Å². The molecular weight excluding hydrogens is 330 g/mol. The van der Waals surface area contributed by atoms with E-state index >= 15 is 0 Å². The van der Waals surface area contributed by atoms with Crippen LogP contribution in [0.3, 0.4) is 0 Å². The molecule has 148 valence electrons. The van der Waals surface area contributed by atoms with Gasteiger partial charge in [0.1, 0.15) is 17.5 Å². The third-order valence-electron chi connectivity index (χ3n) is 3.46. The standard InChI is InChI=1S/C17H29N5O2.C2H6/c1-12(2)14(10-18)15(21-19-6)20-13-8-7-9-22(11-13)16(23)24-17(3,4)5;1-2/h13,19-21H,1,7-9,11H2,2-6H3;1-2H3/b15-14-;. The Labute approximate surface area is 158 Å². The van der Waals surface area contributed by atoms with Gasteiger partial charge in [-0.05, 0) is 46.1 Å². The minimum absolute atomic E-state index is 0.0322. The molecule has 7 nitrogen and oxygen atoms in total. The van der Waals surface area contributed by atoms with Crippen LogP contribution in [0.15, 0.2) is 23.5 Å². The molecule has 1 aliphatic rings. The van der Waals surface area contributed by atoms with E-state index in [1.54, 1.807) is 18.9 Å². The highest BCUT2D eigenvalue weighted by Crippen LogP contribution is 2.17. The second-order valence-electron chi connectivity index (χ2n) is 6.93. The fourth-order valence-electron chi connectivity index (χ4n) is 2.45. The van der Waals surface area contributed by atoms with E-state index in [9.17, 15) is 10.1 Å². The van der Waals surface area contributed by atoms with Crippen molar-refractivity contribution in [1.82, 2.24) is 21.1 Å². The third kappa shape index (κ3) is 8.26. The highest BCUT2D eigenvalue weighted by molar-refractivity contribution is 5.68. The number of amides is 1. The summed E-state index contributed by atoms with van der Waals surface area (Å²) < 4.78 is 5.44. The summed E-state index contributed by atoms with van der Waals surface area (Å²) in [4.78, 5) is 13.9. The van der Waals surface area contributed by atoms with E-state index in [4.69, 9.17) is 4.74 Å². The number of carbonyl (C=O) groups is 1. The summed E-state index contributed by atoms with van der Waals surface area (Å²) in [5.74, 6) is 0.573. The smallest absolute Gasteiger partial charge is 0.410 e. The summed E-state index contributed by atoms with van der Waals surface area (Å²) in [6, 6.07) is 2.18. The second-order valence-corrected chi connectivity index (χ2v) is 6.93. The highest BCUT2D eigenvalue weighted by atomic mass is 16.6. The Hall–Kier alpha value is -2.20. The number of piperidine rings is 1. The number of likely N-dealkylation sites (tertiary alicyclic amines) is 1. The first kappa shape index (κ1) is 23.8. The number of rotatable bonds is 5. The van der Waals surface area contributed by atoms with Gasteiger partial charge in [0.15, 0.2) is 0 Å². The van der Waals surface area contributed by atoms with Gasteiger partial charge < -0.3 is 20.4 Å². The first-order chi connectivity index (χ1) is 12.2. The topological polar surface area (TPSA) is 89.4 Å².